The number of hydrogen-bond acceptors (Lipinski definition) is 0. The molecule has 27 heavy (non-hydrogen) atoms. The van der Waals surface area contributed by atoms with E-state index in [1.54, 1.807) is 12.1 Å². The van der Waals surface area contributed by atoms with Crippen molar-refractivity contribution in [2.75, 3.05) is 0 Å². The highest BCUT2D eigenvalue weighted by Crippen LogP contribution is 2.48. The minimum absolute atomic E-state index is 0.403. The van der Waals surface area contributed by atoms with Crippen molar-refractivity contribution >= 4 is 10.8 Å². The monoisotopic (exact) mass is 370 g/mol. The van der Waals surface area contributed by atoms with E-state index in [4.69, 9.17) is 0 Å². The Morgan fingerprint density at radius 1 is 0.889 bits per heavy atom. The van der Waals surface area contributed by atoms with E-state index in [9.17, 15) is 8.78 Å². The molecule has 0 aliphatic heterocycles. The van der Waals surface area contributed by atoms with Crippen LogP contribution in [0.1, 0.15) is 82.6 Å². The van der Waals surface area contributed by atoms with Gasteiger partial charge in [0.2, 0.25) is 0 Å². The van der Waals surface area contributed by atoms with Crippen molar-refractivity contribution in [2.45, 2.75) is 77.0 Å². The molecule has 0 N–H and O–H groups in total. The van der Waals surface area contributed by atoms with Crippen LogP contribution in [0.25, 0.3) is 10.8 Å². The summed E-state index contributed by atoms with van der Waals surface area (Å²) in [4.78, 5) is 0. The molecule has 2 aromatic carbocycles. The third-order valence-corrected chi connectivity index (χ3v) is 7.34. The highest BCUT2D eigenvalue weighted by molar-refractivity contribution is 5.84. The van der Waals surface area contributed by atoms with Crippen LogP contribution in [0.3, 0.4) is 0 Å². The molecule has 4 rings (SSSR count). The van der Waals surface area contributed by atoms with Crippen LogP contribution < -0.4 is 0 Å². The van der Waals surface area contributed by atoms with Crippen LogP contribution in [0.5, 0.6) is 0 Å². The molecule has 2 aliphatic carbocycles. The Balaban J connectivity index is 1.41. The Kier molecular flexibility index (Phi) is 5.80. The Labute approximate surface area is 162 Å². The van der Waals surface area contributed by atoms with Gasteiger partial charge in [0, 0.05) is 5.39 Å². The first-order valence-corrected chi connectivity index (χ1v) is 11.0. The molecule has 0 spiro atoms. The SMILES string of the molecule is CCCCC[C@@H]1CC[C@@H]2CC(c3ccc4c(F)c(F)ccc4c3)CCC2C1. The lowest BCUT2D eigenvalue weighted by molar-refractivity contribution is 0.113. The topological polar surface area (TPSA) is 0 Å². The lowest BCUT2D eigenvalue weighted by Crippen LogP contribution is -2.30. The molecule has 0 amide bonds. The van der Waals surface area contributed by atoms with Gasteiger partial charge < -0.3 is 0 Å². The fourth-order valence-electron chi connectivity index (χ4n) is 5.77. The number of halogens is 2. The molecule has 2 saturated carbocycles. The Hall–Kier alpha value is -1.44. The number of hydrogen-bond donors (Lipinski definition) is 0. The van der Waals surface area contributed by atoms with Gasteiger partial charge >= 0.3 is 0 Å². The van der Waals surface area contributed by atoms with E-state index in [0.29, 0.717) is 11.3 Å². The first-order chi connectivity index (χ1) is 13.2. The number of rotatable bonds is 5. The van der Waals surface area contributed by atoms with Crippen molar-refractivity contribution in [3.8, 4) is 0 Å². The van der Waals surface area contributed by atoms with E-state index < -0.39 is 11.6 Å². The minimum atomic E-state index is -0.758. The lowest BCUT2D eigenvalue weighted by atomic mass is 9.63. The van der Waals surface area contributed by atoms with Gasteiger partial charge in [0.1, 0.15) is 0 Å². The van der Waals surface area contributed by atoms with Crippen LogP contribution in [0.4, 0.5) is 8.78 Å². The first kappa shape index (κ1) is 18.9. The third-order valence-electron chi connectivity index (χ3n) is 7.34. The van der Waals surface area contributed by atoms with Crippen LogP contribution in [0.15, 0.2) is 30.3 Å². The van der Waals surface area contributed by atoms with E-state index in [-0.39, 0.29) is 0 Å². The van der Waals surface area contributed by atoms with Crippen LogP contribution >= 0.6 is 0 Å². The average Bonchev–Trinajstić information content (AvgIpc) is 2.70. The predicted octanol–water partition coefficient (Wildman–Crippen LogP) is 8.00. The van der Waals surface area contributed by atoms with Crippen LogP contribution in [0, 0.1) is 29.4 Å². The van der Waals surface area contributed by atoms with Gasteiger partial charge in [0.25, 0.3) is 0 Å². The smallest absolute Gasteiger partial charge is 0.166 e. The molecule has 0 heterocycles. The molecule has 0 nitrogen and oxygen atoms in total. The predicted molar refractivity (Wildman–Crippen MR) is 109 cm³/mol. The van der Waals surface area contributed by atoms with Crippen LogP contribution in [-0.4, -0.2) is 0 Å². The Bertz CT molecular complexity index is 781. The Morgan fingerprint density at radius 2 is 1.70 bits per heavy atom. The molecule has 0 aromatic heterocycles. The average molecular weight is 371 g/mol. The minimum Gasteiger partial charge on any atom is -0.204 e. The molecule has 146 valence electrons. The summed E-state index contributed by atoms with van der Waals surface area (Å²) in [7, 11) is 0. The van der Waals surface area contributed by atoms with Crippen molar-refractivity contribution in [3.05, 3.63) is 47.5 Å². The largest absolute Gasteiger partial charge is 0.204 e. The van der Waals surface area contributed by atoms with E-state index in [1.807, 2.05) is 6.07 Å². The zero-order chi connectivity index (χ0) is 18.8. The van der Waals surface area contributed by atoms with Crippen molar-refractivity contribution in [2.24, 2.45) is 17.8 Å². The number of fused-ring (bicyclic) bond motifs is 2. The molecule has 2 aromatic rings. The summed E-state index contributed by atoms with van der Waals surface area (Å²) in [6, 6.07) is 8.87. The molecule has 0 saturated heterocycles. The number of unbranched alkanes of at least 4 members (excludes halogenated alkanes) is 2. The van der Waals surface area contributed by atoms with Gasteiger partial charge in [0.15, 0.2) is 11.6 Å². The molecule has 4 atom stereocenters. The molecule has 2 heteroatoms. The zero-order valence-corrected chi connectivity index (χ0v) is 16.5. The standard InChI is InChI=1S/C25H32F2/c1-2-3-4-5-17-6-7-19-15-20(9-8-18(19)14-17)21-10-12-23-22(16-21)11-13-24(26)25(23)27/h10-13,16-20H,2-9,14-15H2,1H3/t17-,18?,19-,20?/m1/s1. The molecule has 0 bridgehead atoms. The summed E-state index contributed by atoms with van der Waals surface area (Å²) in [6.45, 7) is 2.29. The number of benzene rings is 2. The summed E-state index contributed by atoms with van der Waals surface area (Å²) >= 11 is 0. The van der Waals surface area contributed by atoms with Crippen molar-refractivity contribution < 1.29 is 8.78 Å². The second-order valence-corrected chi connectivity index (χ2v) is 9.05. The molecule has 0 radical (unpaired) electrons. The molecular weight excluding hydrogens is 338 g/mol. The van der Waals surface area contributed by atoms with E-state index in [1.165, 1.54) is 75.8 Å². The van der Waals surface area contributed by atoms with Gasteiger partial charge in [-0.25, -0.2) is 8.78 Å². The third kappa shape index (κ3) is 4.05. The zero-order valence-electron chi connectivity index (χ0n) is 16.5. The van der Waals surface area contributed by atoms with Gasteiger partial charge in [-0.2, -0.15) is 0 Å². The van der Waals surface area contributed by atoms with Crippen molar-refractivity contribution in [1.29, 1.82) is 0 Å². The maximum absolute atomic E-state index is 14.0. The molecule has 2 unspecified atom stereocenters. The summed E-state index contributed by atoms with van der Waals surface area (Å²) in [5.74, 6) is 1.87. The van der Waals surface area contributed by atoms with Gasteiger partial charge in [-0.3, -0.25) is 0 Å². The summed E-state index contributed by atoms with van der Waals surface area (Å²) < 4.78 is 27.4. The quantitative estimate of drug-likeness (QED) is 0.468. The maximum atomic E-state index is 14.0. The van der Waals surface area contributed by atoms with Gasteiger partial charge in [-0.1, -0.05) is 63.3 Å². The first-order valence-electron chi connectivity index (χ1n) is 11.0. The fourth-order valence-corrected chi connectivity index (χ4v) is 5.77. The summed E-state index contributed by atoms with van der Waals surface area (Å²) in [6.07, 6.45) is 13.7. The van der Waals surface area contributed by atoms with E-state index >= 15 is 0 Å². The molecular formula is C25H32F2. The second-order valence-electron chi connectivity index (χ2n) is 9.05. The van der Waals surface area contributed by atoms with Crippen LogP contribution in [-0.2, 0) is 0 Å². The second kappa shape index (κ2) is 8.29. The summed E-state index contributed by atoms with van der Waals surface area (Å²) in [5.41, 5.74) is 1.32. The Morgan fingerprint density at radius 3 is 2.56 bits per heavy atom. The summed E-state index contributed by atoms with van der Waals surface area (Å²) in [5, 5.41) is 1.23. The van der Waals surface area contributed by atoms with Gasteiger partial charge in [0.05, 0.1) is 0 Å². The molecule has 2 aliphatic rings. The maximum Gasteiger partial charge on any atom is 0.166 e. The van der Waals surface area contributed by atoms with E-state index in [0.717, 1.165) is 23.1 Å². The normalized spacial score (nSPS) is 28.3. The lowest BCUT2D eigenvalue weighted by Gasteiger charge is -2.42. The van der Waals surface area contributed by atoms with Gasteiger partial charge in [-0.05, 0) is 72.8 Å². The van der Waals surface area contributed by atoms with Crippen molar-refractivity contribution in [1.82, 2.24) is 0 Å². The van der Waals surface area contributed by atoms with Crippen LogP contribution in [0.2, 0.25) is 0 Å². The highest BCUT2D eigenvalue weighted by atomic mass is 19.2. The van der Waals surface area contributed by atoms with E-state index in [2.05, 4.69) is 13.0 Å². The fraction of sp³-hybridized carbons (Fsp3) is 0.600. The van der Waals surface area contributed by atoms with Crippen molar-refractivity contribution in [3.63, 3.8) is 0 Å². The molecule has 2 fully saturated rings. The highest BCUT2D eigenvalue weighted by Gasteiger charge is 2.35. The van der Waals surface area contributed by atoms with Gasteiger partial charge in [-0.15, -0.1) is 0 Å².